The fourth-order valence-electron chi connectivity index (χ4n) is 6.55. The van der Waals surface area contributed by atoms with Crippen molar-refractivity contribution < 1.29 is 9.59 Å². The second kappa shape index (κ2) is 18.2. The quantitative estimate of drug-likeness (QED) is 0.108. The first-order chi connectivity index (χ1) is 27.3. The van der Waals surface area contributed by atoms with Crippen LogP contribution in [0.15, 0.2) is 67.0 Å². The van der Waals surface area contributed by atoms with Gasteiger partial charge in [0.05, 0.1) is 38.6 Å². The van der Waals surface area contributed by atoms with Gasteiger partial charge in [-0.1, -0.05) is 28.3 Å². The van der Waals surface area contributed by atoms with Gasteiger partial charge in [0.1, 0.15) is 22.8 Å². The number of nitrogen functional groups attached to an aromatic ring is 2. The van der Waals surface area contributed by atoms with Gasteiger partial charge in [0, 0.05) is 46.7 Å². The topological polar surface area (TPSA) is 191 Å². The largest absolute Gasteiger partial charge is 0.398 e. The summed E-state index contributed by atoms with van der Waals surface area (Å²) in [7, 11) is 0. The Balaban J connectivity index is 0.933. The van der Waals surface area contributed by atoms with E-state index in [2.05, 4.69) is 69.7 Å². The van der Waals surface area contributed by atoms with Crippen molar-refractivity contribution in [2.45, 2.75) is 51.9 Å². The maximum absolute atomic E-state index is 13.0. The summed E-state index contributed by atoms with van der Waals surface area (Å²) in [6.07, 6.45) is 8.71. The van der Waals surface area contributed by atoms with Crippen molar-refractivity contribution >= 4 is 23.2 Å². The van der Waals surface area contributed by atoms with Gasteiger partial charge < -0.3 is 31.9 Å². The molecule has 0 saturated carbocycles. The fraction of sp³-hybridized carbons (Fsp3) is 0.341. The molecule has 2 saturated heterocycles. The summed E-state index contributed by atoms with van der Waals surface area (Å²) < 4.78 is 3.63. The molecule has 0 aliphatic carbocycles. The molecule has 5 aromatic rings. The van der Waals surface area contributed by atoms with E-state index >= 15 is 0 Å². The summed E-state index contributed by atoms with van der Waals surface area (Å²) >= 11 is 0. The Kier molecular flexibility index (Phi) is 12.3. The third kappa shape index (κ3) is 10.4. The van der Waals surface area contributed by atoms with Gasteiger partial charge in [-0.05, 0) is 112 Å². The van der Waals surface area contributed by atoms with Gasteiger partial charge in [0.2, 0.25) is 0 Å². The number of carbonyl (C=O) groups is 2. The normalized spacial score (nSPS) is 14.1. The smallest absolute Gasteiger partial charge is 0.251 e. The van der Waals surface area contributed by atoms with E-state index in [1.807, 2.05) is 21.8 Å². The van der Waals surface area contributed by atoms with Crippen LogP contribution in [-0.2, 0) is 26.2 Å². The number of nitrogens with one attached hydrogen (secondary N) is 2. The number of nitrogens with two attached hydrogens (primary N) is 2. The zero-order chi connectivity index (χ0) is 38.7. The highest BCUT2D eigenvalue weighted by molar-refractivity contribution is 5.95. The highest BCUT2D eigenvalue weighted by atomic mass is 16.2. The Morgan fingerprint density at radius 3 is 1.50 bits per heavy atom. The van der Waals surface area contributed by atoms with E-state index in [1.165, 1.54) is 25.7 Å². The van der Waals surface area contributed by atoms with Crippen LogP contribution in [0, 0.1) is 23.7 Å². The van der Waals surface area contributed by atoms with Crippen molar-refractivity contribution in [1.29, 1.82) is 0 Å². The molecule has 56 heavy (non-hydrogen) atoms. The summed E-state index contributed by atoms with van der Waals surface area (Å²) in [6, 6.07) is 15.2. The van der Waals surface area contributed by atoms with E-state index in [4.69, 9.17) is 11.5 Å². The number of hydrogen-bond donors (Lipinski definition) is 4. The monoisotopic (exact) mass is 751 g/mol. The molecule has 0 radical (unpaired) electrons. The van der Waals surface area contributed by atoms with Crippen LogP contribution in [0.1, 0.15) is 80.3 Å². The van der Waals surface area contributed by atoms with Crippen LogP contribution in [0.2, 0.25) is 0 Å². The second-order valence-electron chi connectivity index (χ2n) is 13.9. The lowest BCUT2D eigenvalue weighted by Crippen LogP contribution is -2.24. The number of nitrogens with zero attached hydrogens (tertiary/aromatic N) is 9. The van der Waals surface area contributed by atoms with Gasteiger partial charge in [-0.2, -0.15) is 0 Å². The second-order valence-corrected chi connectivity index (χ2v) is 13.9. The average molecular weight is 752 g/mol. The highest BCUT2D eigenvalue weighted by Gasteiger charge is 2.14. The molecule has 286 valence electrons. The Labute approximate surface area is 325 Å². The van der Waals surface area contributed by atoms with E-state index in [-0.39, 0.29) is 24.9 Å². The third-order valence-electron chi connectivity index (χ3n) is 9.75. The minimum atomic E-state index is -0.275. The number of hydrogen-bond acceptors (Lipinski definition) is 11. The summed E-state index contributed by atoms with van der Waals surface area (Å²) in [5.41, 5.74) is 17.4. The van der Waals surface area contributed by atoms with Crippen LogP contribution in [-0.4, -0.2) is 95.9 Å². The molecule has 2 aliphatic heterocycles. The molecule has 0 unspecified atom stereocenters. The maximum Gasteiger partial charge on any atom is 0.251 e. The van der Waals surface area contributed by atoms with E-state index in [1.54, 1.807) is 54.6 Å². The molecule has 3 aromatic heterocycles. The number of anilines is 2. The van der Waals surface area contributed by atoms with Crippen molar-refractivity contribution in [3.63, 3.8) is 0 Å². The van der Waals surface area contributed by atoms with Gasteiger partial charge in [-0.15, -0.1) is 10.2 Å². The zero-order valence-corrected chi connectivity index (χ0v) is 31.2. The predicted molar refractivity (Wildman–Crippen MR) is 212 cm³/mol. The maximum atomic E-state index is 13.0. The number of benzene rings is 2. The van der Waals surface area contributed by atoms with Crippen molar-refractivity contribution in [3.05, 3.63) is 112 Å². The standard InChI is InChI=1S/C41H45N13O2/c42-38-14-10-32(40(55)44-26-36-28-53(49-47-36)22-20-51-16-1-2-17-51)24-30(38)8-12-34-6-5-7-35(46-34)13-9-31-25-33(11-15-39(31)43)41(56)45-27-37-29-54(50-48-37)23-21-52-18-3-4-19-52/h5-7,10-11,14-15,24-25,28-29H,1-4,16-23,26-27,42-43H2,(H,44,55)(H,45,56). The predicted octanol–water partition coefficient (Wildman–Crippen LogP) is 2.28. The van der Waals surface area contributed by atoms with Crippen molar-refractivity contribution in [3.8, 4) is 23.7 Å². The molecule has 5 heterocycles. The van der Waals surface area contributed by atoms with E-state index < -0.39 is 0 Å². The Morgan fingerprint density at radius 2 is 1.05 bits per heavy atom. The molecule has 6 N–H and O–H groups in total. The minimum absolute atomic E-state index is 0.249. The number of pyridine rings is 1. The highest BCUT2D eigenvalue weighted by Crippen LogP contribution is 2.16. The van der Waals surface area contributed by atoms with Crippen LogP contribution < -0.4 is 22.1 Å². The van der Waals surface area contributed by atoms with Crippen LogP contribution in [0.4, 0.5) is 11.4 Å². The van der Waals surface area contributed by atoms with Crippen LogP contribution in [0.3, 0.4) is 0 Å². The molecule has 2 amide bonds. The zero-order valence-electron chi connectivity index (χ0n) is 31.2. The molecule has 0 bridgehead atoms. The van der Waals surface area contributed by atoms with Gasteiger partial charge in [0.25, 0.3) is 11.8 Å². The van der Waals surface area contributed by atoms with Crippen LogP contribution >= 0.6 is 0 Å². The molecular formula is C41H45N13O2. The molecule has 2 fully saturated rings. The first-order valence-corrected chi connectivity index (χ1v) is 18.9. The first-order valence-electron chi connectivity index (χ1n) is 18.9. The Morgan fingerprint density at radius 1 is 0.607 bits per heavy atom. The Bertz CT molecular complexity index is 2140. The molecule has 0 spiro atoms. The SMILES string of the molecule is Nc1ccc(C(=O)NCc2cn(CCN3CCCC3)nn2)cc1C#Cc1cccc(C#Cc2cc(C(=O)NCc3cn(CCN4CCCC4)nn3)ccc2N)n1. The van der Waals surface area contributed by atoms with E-state index in [9.17, 15) is 9.59 Å². The molecule has 2 aromatic carbocycles. The van der Waals surface area contributed by atoms with Gasteiger partial charge >= 0.3 is 0 Å². The summed E-state index contributed by atoms with van der Waals surface area (Å²) in [6.45, 7) is 8.43. The van der Waals surface area contributed by atoms with E-state index in [0.717, 1.165) is 52.4 Å². The van der Waals surface area contributed by atoms with Crippen molar-refractivity contribution in [2.75, 3.05) is 50.7 Å². The lowest BCUT2D eigenvalue weighted by Gasteiger charge is -2.13. The summed E-state index contributed by atoms with van der Waals surface area (Å²) in [5, 5.41) is 22.6. The van der Waals surface area contributed by atoms with E-state index in [0.29, 0.717) is 56.4 Å². The van der Waals surface area contributed by atoms with Gasteiger partial charge in [-0.25, -0.2) is 4.98 Å². The van der Waals surface area contributed by atoms with Gasteiger partial charge in [0.15, 0.2) is 0 Å². The lowest BCUT2D eigenvalue weighted by molar-refractivity contribution is 0.0942. The summed E-state index contributed by atoms with van der Waals surface area (Å²) in [4.78, 5) is 35.4. The molecular weight excluding hydrogens is 707 g/mol. The minimum Gasteiger partial charge on any atom is -0.398 e. The molecule has 2 aliphatic rings. The number of carbonyl (C=O) groups excluding carboxylic acids is 2. The van der Waals surface area contributed by atoms with Crippen LogP contribution in [0.25, 0.3) is 0 Å². The molecule has 0 atom stereocenters. The number of aromatic nitrogens is 7. The molecule has 7 rings (SSSR count). The van der Waals surface area contributed by atoms with Crippen LogP contribution in [0.5, 0.6) is 0 Å². The molecule has 15 heteroatoms. The number of rotatable bonds is 12. The fourth-order valence-corrected chi connectivity index (χ4v) is 6.55. The average Bonchev–Trinajstić information content (AvgIpc) is 4.06. The van der Waals surface area contributed by atoms with Crippen molar-refractivity contribution in [2.24, 2.45) is 0 Å². The first kappa shape index (κ1) is 37.8. The Hall–Kier alpha value is -6.55. The van der Waals surface area contributed by atoms with Crippen molar-refractivity contribution in [1.82, 2.24) is 55.4 Å². The van der Waals surface area contributed by atoms with Gasteiger partial charge in [-0.3, -0.25) is 19.0 Å². The third-order valence-corrected chi connectivity index (χ3v) is 9.75. The lowest BCUT2D eigenvalue weighted by atomic mass is 10.1. The summed E-state index contributed by atoms with van der Waals surface area (Å²) in [5.74, 6) is 11.6. The molecule has 15 nitrogen and oxygen atoms in total. The number of amides is 2. The number of likely N-dealkylation sites (tertiary alicyclic amines) is 2.